The summed E-state index contributed by atoms with van der Waals surface area (Å²) in [5.74, 6) is 1.10. The highest BCUT2D eigenvalue weighted by Gasteiger charge is 2.37. The Morgan fingerprint density at radius 2 is 2.00 bits per heavy atom. The number of nitrogens with one attached hydrogen (secondary N) is 1. The standard InChI is InChI=1S/C14H21NO2/c1-3-5-10-8-11(10)15-9(2)14-12(16)6-4-7-13(14)17/h4,6-7,9-11,15-17H,3,5,8H2,1-2H3. The minimum atomic E-state index is -0.0111. The molecule has 3 unspecified atom stereocenters. The third-order valence-corrected chi connectivity index (χ3v) is 3.54. The average molecular weight is 235 g/mol. The van der Waals surface area contributed by atoms with Crippen molar-refractivity contribution >= 4 is 0 Å². The Morgan fingerprint density at radius 1 is 1.35 bits per heavy atom. The lowest BCUT2D eigenvalue weighted by Gasteiger charge is -2.17. The molecular weight excluding hydrogens is 214 g/mol. The van der Waals surface area contributed by atoms with E-state index >= 15 is 0 Å². The molecule has 1 aliphatic rings. The van der Waals surface area contributed by atoms with Gasteiger partial charge in [-0.25, -0.2) is 0 Å². The van der Waals surface area contributed by atoms with Crippen LogP contribution in [-0.2, 0) is 0 Å². The summed E-state index contributed by atoms with van der Waals surface area (Å²) in [7, 11) is 0. The largest absolute Gasteiger partial charge is 0.507 e. The topological polar surface area (TPSA) is 52.5 Å². The summed E-state index contributed by atoms with van der Waals surface area (Å²) in [5, 5.41) is 23.0. The molecule has 1 aromatic carbocycles. The molecule has 3 nitrogen and oxygen atoms in total. The predicted molar refractivity (Wildman–Crippen MR) is 68.1 cm³/mol. The molecule has 0 radical (unpaired) electrons. The highest BCUT2D eigenvalue weighted by molar-refractivity contribution is 5.45. The van der Waals surface area contributed by atoms with Crippen LogP contribution in [0, 0.1) is 5.92 Å². The van der Waals surface area contributed by atoms with E-state index in [0.717, 1.165) is 5.92 Å². The number of hydrogen-bond donors (Lipinski definition) is 3. The maximum atomic E-state index is 9.76. The Hall–Kier alpha value is -1.22. The Bertz CT molecular complexity index is 372. The van der Waals surface area contributed by atoms with Gasteiger partial charge in [-0.1, -0.05) is 19.4 Å². The summed E-state index contributed by atoms with van der Waals surface area (Å²) in [6.07, 6.45) is 3.70. The van der Waals surface area contributed by atoms with Crippen molar-refractivity contribution in [1.29, 1.82) is 0 Å². The molecule has 0 spiro atoms. The van der Waals surface area contributed by atoms with Crippen LogP contribution < -0.4 is 5.32 Å². The first-order valence-corrected chi connectivity index (χ1v) is 6.40. The molecule has 1 aromatic rings. The van der Waals surface area contributed by atoms with Gasteiger partial charge in [-0.05, 0) is 37.8 Å². The average Bonchev–Trinajstić information content (AvgIpc) is 2.96. The molecule has 1 aliphatic carbocycles. The molecule has 1 saturated carbocycles. The molecule has 3 atom stereocenters. The highest BCUT2D eigenvalue weighted by atomic mass is 16.3. The summed E-state index contributed by atoms with van der Waals surface area (Å²) in [5.41, 5.74) is 0.606. The normalized spacial score (nSPS) is 24.6. The molecule has 0 saturated heterocycles. The van der Waals surface area contributed by atoms with E-state index in [1.807, 2.05) is 6.92 Å². The lowest BCUT2D eigenvalue weighted by Crippen LogP contribution is -2.22. The third kappa shape index (κ3) is 2.72. The zero-order valence-corrected chi connectivity index (χ0v) is 10.5. The van der Waals surface area contributed by atoms with Gasteiger partial charge >= 0.3 is 0 Å². The van der Waals surface area contributed by atoms with E-state index in [1.54, 1.807) is 18.2 Å². The molecule has 3 heteroatoms. The van der Waals surface area contributed by atoms with Gasteiger partial charge in [0.2, 0.25) is 0 Å². The van der Waals surface area contributed by atoms with Gasteiger partial charge in [0.05, 0.1) is 5.56 Å². The van der Waals surface area contributed by atoms with Gasteiger partial charge in [-0.2, -0.15) is 0 Å². The van der Waals surface area contributed by atoms with E-state index in [2.05, 4.69) is 12.2 Å². The van der Waals surface area contributed by atoms with Crippen molar-refractivity contribution < 1.29 is 10.2 Å². The second kappa shape index (κ2) is 4.96. The monoisotopic (exact) mass is 235 g/mol. The highest BCUT2D eigenvalue weighted by Crippen LogP contribution is 2.39. The molecule has 0 aliphatic heterocycles. The molecule has 1 fully saturated rings. The first-order chi connectivity index (χ1) is 8.13. The lowest BCUT2D eigenvalue weighted by molar-refractivity contribution is 0.415. The molecule has 2 rings (SSSR count). The Morgan fingerprint density at radius 3 is 2.59 bits per heavy atom. The van der Waals surface area contributed by atoms with E-state index in [9.17, 15) is 10.2 Å². The number of phenolic OH excluding ortho intramolecular Hbond substituents is 2. The lowest BCUT2D eigenvalue weighted by atomic mass is 10.1. The summed E-state index contributed by atoms with van der Waals surface area (Å²) in [4.78, 5) is 0. The zero-order valence-electron chi connectivity index (χ0n) is 10.5. The summed E-state index contributed by atoms with van der Waals surface area (Å²) >= 11 is 0. The molecule has 94 valence electrons. The van der Waals surface area contributed by atoms with Crippen LogP contribution in [0.15, 0.2) is 18.2 Å². The maximum absolute atomic E-state index is 9.76. The quantitative estimate of drug-likeness (QED) is 0.735. The SMILES string of the molecule is CCCC1CC1NC(C)c1c(O)cccc1O. The second-order valence-electron chi connectivity index (χ2n) is 4.99. The molecular formula is C14H21NO2. The van der Waals surface area contributed by atoms with Gasteiger partial charge in [-0.3, -0.25) is 0 Å². The van der Waals surface area contributed by atoms with E-state index in [1.165, 1.54) is 19.3 Å². The first kappa shape index (κ1) is 12.2. The molecule has 0 heterocycles. The van der Waals surface area contributed by atoms with Crippen LogP contribution in [0.25, 0.3) is 0 Å². The van der Waals surface area contributed by atoms with Crippen LogP contribution in [0.2, 0.25) is 0 Å². The maximum Gasteiger partial charge on any atom is 0.124 e. The van der Waals surface area contributed by atoms with Crippen molar-refractivity contribution in [3.8, 4) is 11.5 Å². The van der Waals surface area contributed by atoms with Crippen molar-refractivity contribution in [2.45, 2.75) is 45.2 Å². The fourth-order valence-electron chi connectivity index (χ4n) is 2.53. The molecule has 17 heavy (non-hydrogen) atoms. The minimum absolute atomic E-state index is 0.0111. The number of aromatic hydroxyl groups is 2. The second-order valence-corrected chi connectivity index (χ2v) is 4.99. The first-order valence-electron chi connectivity index (χ1n) is 6.40. The van der Waals surface area contributed by atoms with Gasteiger partial charge in [0.15, 0.2) is 0 Å². The smallest absolute Gasteiger partial charge is 0.124 e. The Kier molecular flexibility index (Phi) is 3.57. The predicted octanol–water partition coefficient (Wildman–Crippen LogP) is 2.94. The molecule has 0 bridgehead atoms. The van der Waals surface area contributed by atoms with Crippen LogP contribution >= 0.6 is 0 Å². The van der Waals surface area contributed by atoms with E-state index in [4.69, 9.17) is 0 Å². The fourth-order valence-corrected chi connectivity index (χ4v) is 2.53. The summed E-state index contributed by atoms with van der Waals surface area (Å²) in [6.45, 7) is 4.18. The van der Waals surface area contributed by atoms with Crippen LogP contribution in [0.3, 0.4) is 0 Å². The van der Waals surface area contributed by atoms with Gasteiger partial charge in [0.25, 0.3) is 0 Å². The Balaban J connectivity index is 1.99. The van der Waals surface area contributed by atoms with Crippen molar-refractivity contribution in [3.63, 3.8) is 0 Å². The molecule has 0 amide bonds. The van der Waals surface area contributed by atoms with Crippen molar-refractivity contribution in [1.82, 2.24) is 5.32 Å². The van der Waals surface area contributed by atoms with E-state index < -0.39 is 0 Å². The van der Waals surface area contributed by atoms with E-state index in [-0.39, 0.29) is 17.5 Å². The Labute approximate surface area is 102 Å². The number of rotatable bonds is 5. The van der Waals surface area contributed by atoms with Crippen molar-refractivity contribution in [3.05, 3.63) is 23.8 Å². The third-order valence-electron chi connectivity index (χ3n) is 3.54. The van der Waals surface area contributed by atoms with Gasteiger partial charge in [0, 0.05) is 12.1 Å². The van der Waals surface area contributed by atoms with Crippen LogP contribution in [0.5, 0.6) is 11.5 Å². The number of benzene rings is 1. The molecule has 3 N–H and O–H groups in total. The van der Waals surface area contributed by atoms with Crippen LogP contribution in [0.4, 0.5) is 0 Å². The zero-order chi connectivity index (χ0) is 12.4. The summed E-state index contributed by atoms with van der Waals surface area (Å²) < 4.78 is 0. The fraction of sp³-hybridized carbons (Fsp3) is 0.571. The van der Waals surface area contributed by atoms with Gasteiger partial charge in [-0.15, -0.1) is 0 Å². The van der Waals surface area contributed by atoms with Gasteiger partial charge in [0.1, 0.15) is 11.5 Å². The summed E-state index contributed by atoms with van der Waals surface area (Å²) in [6, 6.07) is 5.41. The number of phenols is 2. The van der Waals surface area contributed by atoms with Crippen molar-refractivity contribution in [2.75, 3.05) is 0 Å². The molecule has 0 aromatic heterocycles. The van der Waals surface area contributed by atoms with Crippen LogP contribution in [-0.4, -0.2) is 16.3 Å². The number of hydrogen-bond acceptors (Lipinski definition) is 3. The minimum Gasteiger partial charge on any atom is -0.507 e. The van der Waals surface area contributed by atoms with E-state index in [0.29, 0.717) is 11.6 Å². The van der Waals surface area contributed by atoms with Crippen molar-refractivity contribution in [2.24, 2.45) is 5.92 Å². The van der Waals surface area contributed by atoms with Crippen LogP contribution in [0.1, 0.15) is 44.7 Å². The van der Waals surface area contributed by atoms with Gasteiger partial charge < -0.3 is 15.5 Å².